The van der Waals surface area contributed by atoms with Crippen LogP contribution in [0.5, 0.6) is 5.75 Å². The molecule has 10 nitrogen and oxygen atoms in total. The SMILES string of the molecule is CCOC(=O)c1sc(CC(=O)C(C#N)=Cc2ccc(OC)c([N+](=O)[O-])c2)c(C(=O)OCC)c1C. The lowest BCUT2D eigenvalue weighted by Crippen LogP contribution is -2.12. The van der Waals surface area contributed by atoms with E-state index < -0.39 is 22.6 Å². The number of thiophene rings is 1. The van der Waals surface area contributed by atoms with Crippen LogP contribution in [-0.4, -0.2) is 43.0 Å². The molecule has 178 valence electrons. The number of nitrogens with zero attached hydrogens (tertiary/aromatic N) is 2. The third-order valence-corrected chi connectivity index (χ3v) is 5.88. The molecule has 0 amide bonds. The number of nitriles is 1. The number of hydrogen-bond acceptors (Lipinski definition) is 10. The minimum Gasteiger partial charge on any atom is -0.490 e. The Hall–Kier alpha value is -4.04. The van der Waals surface area contributed by atoms with Crippen LogP contribution in [0, 0.1) is 28.4 Å². The fraction of sp³-hybridized carbons (Fsp3) is 0.304. The first kappa shape index (κ1) is 26.2. The van der Waals surface area contributed by atoms with Gasteiger partial charge in [-0.05, 0) is 44.0 Å². The van der Waals surface area contributed by atoms with Crippen LogP contribution in [0.15, 0.2) is 23.8 Å². The van der Waals surface area contributed by atoms with Crippen molar-refractivity contribution in [3.8, 4) is 11.8 Å². The Kier molecular flexibility index (Phi) is 9.03. The largest absolute Gasteiger partial charge is 0.490 e. The number of Topliss-reactive ketones (excluding diaryl/α,β-unsaturated/α-hetero) is 1. The zero-order chi connectivity index (χ0) is 25.4. The Bertz CT molecular complexity index is 1210. The number of carbonyl (C=O) groups excluding carboxylic acids is 3. The molecule has 1 heterocycles. The number of methoxy groups -OCH3 is 1. The molecule has 0 aliphatic carbocycles. The Balaban J connectivity index is 2.46. The van der Waals surface area contributed by atoms with Crippen molar-refractivity contribution in [1.82, 2.24) is 0 Å². The number of nitro groups is 1. The van der Waals surface area contributed by atoms with Gasteiger partial charge in [0.05, 0.1) is 36.4 Å². The molecular weight excluding hydrogens is 464 g/mol. The monoisotopic (exact) mass is 486 g/mol. The Morgan fingerprint density at radius 3 is 2.38 bits per heavy atom. The molecule has 0 atom stereocenters. The summed E-state index contributed by atoms with van der Waals surface area (Å²) in [7, 11) is 1.29. The van der Waals surface area contributed by atoms with Crippen molar-refractivity contribution in [3.63, 3.8) is 0 Å². The van der Waals surface area contributed by atoms with E-state index >= 15 is 0 Å². The lowest BCUT2D eigenvalue weighted by atomic mass is 10.0. The minimum atomic E-state index is -0.692. The first-order valence-corrected chi connectivity index (χ1v) is 10.9. The predicted molar refractivity (Wildman–Crippen MR) is 123 cm³/mol. The first-order valence-electron chi connectivity index (χ1n) is 10.1. The highest BCUT2D eigenvalue weighted by molar-refractivity contribution is 7.14. The molecular formula is C23H22N2O8S. The summed E-state index contributed by atoms with van der Waals surface area (Å²) in [6.07, 6.45) is 0.863. The van der Waals surface area contributed by atoms with Crippen LogP contribution in [0.25, 0.3) is 6.08 Å². The molecule has 0 saturated heterocycles. The predicted octanol–water partition coefficient (Wildman–Crippen LogP) is 4.05. The maximum absolute atomic E-state index is 12.9. The van der Waals surface area contributed by atoms with Crippen molar-refractivity contribution < 1.29 is 33.5 Å². The third-order valence-electron chi connectivity index (χ3n) is 4.61. The lowest BCUT2D eigenvalue weighted by molar-refractivity contribution is -0.385. The third kappa shape index (κ3) is 5.85. The Morgan fingerprint density at radius 1 is 1.18 bits per heavy atom. The smallest absolute Gasteiger partial charge is 0.348 e. The number of carbonyl (C=O) groups is 3. The molecule has 1 aromatic carbocycles. The number of nitro benzene ring substituents is 1. The van der Waals surface area contributed by atoms with E-state index in [4.69, 9.17) is 14.2 Å². The fourth-order valence-electron chi connectivity index (χ4n) is 3.08. The molecule has 0 saturated carbocycles. The highest BCUT2D eigenvalue weighted by Gasteiger charge is 2.28. The molecule has 2 rings (SSSR count). The second-order valence-corrected chi connectivity index (χ2v) is 7.86. The van der Waals surface area contributed by atoms with E-state index in [0.717, 1.165) is 11.3 Å². The molecule has 34 heavy (non-hydrogen) atoms. The molecule has 0 N–H and O–H groups in total. The normalized spacial score (nSPS) is 10.9. The van der Waals surface area contributed by atoms with E-state index in [0.29, 0.717) is 5.56 Å². The maximum Gasteiger partial charge on any atom is 0.348 e. The maximum atomic E-state index is 12.9. The minimum absolute atomic E-state index is 0.0339. The standard InChI is InChI=1S/C23H22N2O8S/c1-5-32-22(27)20-13(3)21(23(28)33-6-2)34-19(20)11-17(26)15(12-24)9-14-7-8-18(31-4)16(10-14)25(29)30/h7-10H,5-6,11H2,1-4H3. The zero-order valence-electron chi connectivity index (χ0n) is 19.0. The summed E-state index contributed by atoms with van der Waals surface area (Å²) in [6.45, 7) is 5.05. The zero-order valence-corrected chi connectivity index (χ0v) is 19.8. The van der Waals surface area contributed by atoms with Crippen LogP contribution >= 0.6 is 11.3 Å². The summed E-state index contributed by atoms with van der Waals surface area (Å²) < 4.78 is 15.0. The van der Waals surface area contributed by atoms with E-state index in [2.05, 4.69) is 0 Å². The van der Waals surface area contributed by atoms with Gasteiger partial charge in [0.1, 0.15) is 10.9 Å². The highest BCUT2D eigenvalue weighted by Crippen LogP contribution is 2.32. The Morgan fingerprint density at radius 2 is 1.82 bits per heavy atom. The van der Waals surface area contributed by atoms with Crippen LogP contribution in [0.3, 0.4) is 0 Å². The topological polar surface area (TPSA) is 146 Å². The summed E-state index contributed by atoms with van der Waals surface area (Å²) in [5.41, 5.74) is 0.0627. The molecule has 0 aliphatic rings. The van der Waals surface area contributed by atoms with Gasteiger partial charge in [-0.1, -0.05) is 6.07 Å². The number of esters is 2. The second-order valence-electron chi connectivity index (χ2n) is 6.75. The van der Waals surface area contributed by atoms with Gasteiger partial charge in [-0.3, -0.25) is 14.9 Å². The summed E-state index contributed by atoms with van der Waals surface area (Å²) in [5.74, 6) is -1.92. The van der Waals surface area contributed by atoms with Gasteiger partial charge in [-0.25, -0.2) is 9.59 Å². The molecule has 0 spiro atoms. The van der Waals surface area contributed by atoms with E-state index in [1.54, 1.807) is 26.8 Å². The van der Waals surface area contributed by atoms with Crippen molar-refractivity contribution in [2.45, 2.75) is 27.2 Å². The highest BCUT2D eigenvalue weighted by atomic mass is 32.1. The molecule has 0 bridgehead atoms. The lowest BCUT2D eigenvalue weighted by Gasteiger charge is -2.05. The summed E-state index contributed by atoms with van der Waals surface area (Å²) in [4.78, 5) is 48.8. The van der Waals surface area contributed by atoms with Gasteiger partial charge < -0.3 is 14.2 Å². The van der Waals surface area contributed by atoms with Gasteiger partial charge >= 0.3 is 17.6 Å². The molecule has 2 aromatic rings. The van der Waals surface area contributed by atoms with Crippen LogP contribution in [0.1, 0.15) is 49.9 Å². The van der Waals surface area contributed by atoms with Crippen LogP contribution in [0.4, 0.5) is 5.69 Å². The summed E-state index contributed by atoms with van der Waals surface area (Å²) in [5, 5.41) is 20.8. The fourth-order valence-corrected chi connectivity index (χ4v) is 4.27. The molecule has 1 aromatic heterocycles. The van der Waals surface area contributed by atoms with Gasteiger partial charge in [0.2, 0.25) is 0 Å². The van der Waals surface area contributed by atoms with E-state index in [9.17, 15) is 29.8 Å². The van der Waals surface area contributed by atoms with Crippen molar-refractivity contribution in [2.24, 2.45) is 0 Å². The van der Waals surface area contributed by atoms with E-state index in [1.165, 1.54) is 31.4 Å². The van der Waals surface area contributed by atoms with Crippen LogP contribution in [0.2, 0.25) is 0 Å². The average Bonchev–Trinajstić information content (AvgIpc) is 3.13. The molecule has 0 radical (unpaired) electrons. The second kappa shape index (κ2) is 11.7. The molecule has 0 fully saturated rings. The summed E-state index contributed by atoms with van der Waals surface area (Å²) >= 11 is 0.924. The van der Waals surface area contributed by atoms with Gasteiger partial charge in [-0.15, -0.1) is 11.3 Å². The number of allylic oxidation sites excluding steroid dienone is 1. The van der Waals surface area contributed by atoms with Crippen molar-refractivity contribution in [2.75, 3.05) is 20.3 Å². The summed E-state index contributed by atoms with van der Waals surface area (Å²) in [6, 6.07) is 5.80. The van der Waals surface area contributed by atoms with Gasteiger partial charge in [0.15, 0.2) is 11.5 Å². The number of benzene rings is 1. The average molecular weight is 487 g/mol. The first-order chi connectivity index (χ1) is 16.2. The molecule has 0 unspecified atom stereocenters. The molecule has 0 aliphatic heterocycles. The van der Waals surface area contributed by atoms with Crippen molar-refractivity contribution in [3.05, 3.63) is 60.3 Å². The van der Waals surface area contributed by atoms with Crippen LogP contribution in [-0.2, 0) is 20.7 Å². The molecule has 11 heteroatoms. The van der Waals surface area contributed by atoms with E-state index in [-0.39, 0.29) is 57.5 Å². The quantitative estimate of drug-likeness (QED) is 0.159. The number of ether oxygens (including phenoxy) is 3. The number of hydrogen-bond donors (Lipinski definition) is 0. The van der Waals surface area contributed by atoms with Crippen molar-refractivity contribution >= 4 is 40.8 Å². The van der Waals surface area contributed by atoms with Gasteiger partial charge in [-0.2, -0.15) is 5.26 Å². The van der Waals surface area contributed by atoms with Crippen molar-refractivity contribution in [1.29, 1.82) is 5.26 Å². The van der Waals surface area contributed by atoms with E-state index in [1.807, 2.05) is 0 Å². The number of rotatable bonds is 10. The number of ketones is 1. The van der Waals surface area contributed by atoms with Gasteiger partial charge in [0, 0.05) is 17.4 Å². The Labute approximate surface area is 199 Å². The van der Waals surface area contributed by atoms with Gasteiger partial charge in [0.25, 0.3) is 0 Å². The van der Waals surface area contributed by atoms with Crippen LogP contribution < -0.4 is 4.74 Å².